The molecule has 1 fully saturated rings. The molecule has 1 aliphatic rings. The summed E-state index contributed by atoms with van der Waals surface area (Å²) in [5.41, 5.74) is 1.96. The average Bonchev–Trinajstić information content (AvgIpc) is 3.87. The summed E-state index contributed by atoms with van der Waals surface area (Å²) >= 11 is 0. The summed E-state index contributed by atoms with van der Waals surface area (Å²) in [6.07, 6.45) is 9.87. The molecule has 1 saturated carbocycles. The van der Waals surface area contributed by atoms with E-state index >= 15 is 0 Å². The van der Waals surface area contributed by atoms with E-state index in [1.807, 2.05) is 24.3 Å². The Balaban J connectivity index is 1.64. The molecule has 1 amide bonds. The van der Waals surface area contributed by atoms with Gasteiger partial charge < -0.3 is 25.5 Å². The largest absolute Gasteiger partial charge is 0.390 e. The van der Waals surface area contributed by atoms with Crippen LogP contribution in [0.25, 0.3) is 0 Å². The van der Waals surface area contributed by atoms with Gasteiger partial charge in [-0.15, -0.1) is 6.42 Å². The van der Waals surface area contributed by atoms with E-state index in [4.69, 9.17) is 16.4 Å². The summed E-state index contributed by atoms with van der Waals surface area (Å²) in [7, 11) is 0. The summed E-state index contributed by atoms with van der Waals surface area (Å²) in [6, 6.07) is 11.8. The third-order valence-electron chi connectivity index (χ3n) is 8.65. The van der Waals surface area contributed by atoms with Crippen molar-refractivity contribution in [3.63, 3.8) is 0 Å². The summed E-state index contributed by atoms with van der Waals surface area (Å²) in [6.45, 7) is 11.5. The van der Waals surface area contributed by atoms with E-state index in [1.165, 1.54) is 12.1 Å². The monoisotopic (exact) mass is 660 g/mol. The van der Waals surface area contributed by atoms with Gasteiger partial charge in [0, 0.05) is 56.0 Å². The van der Waals surface area contributed by atoms with Gasteiger partial charge in [-0.1, -0.05) is 45.7 Å². The Morgan fingerprint density at radius 3 is 2.15 bits per heavy atom. The summed E-state index contributed by atoms with van der Waals surface area (Å²) < 4.78 is 28.4. The van der Waals surface area contributed by atoms with Gasteiger partial charge in [0.1, 0.15) is 23.1 Å². The van der Waals surface area contributed by atoms with Crippen molar-refractivity contribution >= 4 is 17.7 Å². The van der Waals surface area contributed by atoms with E-state index in [2.05, 4.69) is 54.0 Å². The average molecular weight is 661 g/mol. The van der Waals surface area contributed by atoms with Crippen LogP contribution in [0.1, 0.15) is 93.4 Å². The molecule has 1 heterocycles. The number of amides is 1. The summed E-state index contributed by atoms with van der Waals surface area (Å²) in [5.74, 6) is 1.87. The van der Waals surface area contributed by atoms with E-state index in [-0.39, 0.29) is 24.2 Å². The number of carbonyl (C=O) groups excluding carboxylic acids is 1. The van der Waals surface area contributed by atoms with Crippen LogP contribution in [0.5, 0.6) is 0 Å². The number of aromatic nitrogens is 2. The Morgan fingerprint density at radius 1 is 0.938 bits per heavy atom. The number of hydrogen-bond donors (Lipinski definition) is 3. The first-order chi connectivity index (χ1) is 23.1. The lowest BCUT2D eigenvalue weighted by Crippen LogP contribution is -2.50. The van der Waals surface area contributed by atoms with Crippen LogP contribution in [0.3, 0.4) is 0 Å². The lowest BCUT2D eigenvalue weighted by Gasteiger charge is -2.28. The van der Waals surface area contributed by atoms with E-state index in [0.29, 0.717) is 17.3 Å². The number of terminal acetylenes is 1. The smallest absolute Gasteiger partial charge is 0.270 e. The second kappa shape index (κ2) is 17.4. The number of halogens is 2. The molecule has 0 aliphatic heterocycles. The number of nitrogens with one attached hydrogen (secondary N) is 2. The van der Waals surface area contributed by atoms with Crippen molar-refractivity contribution < 1.29 is 18.7 Å². The number of benzene rings is 2. The van der Waals surface area contributed by atoms with Crippen LogP contribution in [-0.4, -0.2) is 65.9 Å². The topological polar surface area (TPSA) is 93.6 Å². The van der Waals surface area contributed by atoms with E-state index in [9.17, 15) is 18.7 Å². The van der Waals surface area contributed by atoms with Crippen LogP contribution in [0.15, 0.2) is 48.5 Å². The van der Waals surface area contributed by atoms with Gasteiger partial charge in [0.2, 0.25) is 5.95 Å². The van der Waals surface area contributed by atoms with Gasteiger partial charge in [0.25, 0.3) is 5.91 Å². The zero-order valence-electron chi connectivity index (χ0n) is 28.7. The Kier molecular flexibility index (Phi) is 13.3. The van der Waals surface area contributed by atoms with Crippen molar-refractivity contribution in [3.8, 4) is 12.3 Å². The zero-order chi connectivity index (χ0) is 34.7. The molecule has 0 bridgehead atoms. The molecule has 3 aromatic rings. The molecule has 3 N–H and O–H groups in total. The minimum absolute atomic E-state index is 0.00321. The summed E-state index contributed by atoms with van der Waals surface area (Å²) in [4.78, 5) is 27.9. The standard InChI is InChI=1S/C38H50F2N6O2/c1-6-16-45(17-7-2)35-25-33(43-37(44-35)46(18-8-3)19-9-4)36(48)42-32(23-28-21-30(39)24-31(40)22-28)34(47)26-41-38(14-15-38)29-13-11-12-27(10-5)20-29/h5,11-13,20-22,24-25,32,34,41,47H,6-9,14-19,23,26H2,1-4H3,(H,42,48)/t32-,34+/m0/s1. The molecule has 258 valence electrons. The molecule has 1 aromatic heterocycles. The van der Waals surface area contributed by atoms with Crippen molar-refractivity contribution in [2.45, 2.75) is 90.3 Å². The fourth-order valence-corrected chi connectivity index (χ4v) is 6.12. The Labute approximate surface area is 284 Å². The van der Waals surface area contributed by atoms with Crippen LogP contribution in [-0.2, 0) is 12.0 Å². The molecule has 0 saturated heterocycles. The van der Waals surface area contributed by atoms with Crippen molar-refractivity contribution in [1.29, 1.82) is 0 Å². The fourth-order valence-electron chi connectivity index (χ4n) is 6.12. The number of hydrogen-bond acceptors (Lipinski definition) is 7. The van der Waals surface area contributed by atoms with Crippen molar-refractivity contribution in [3.05, 3.63) is 82.5 Å². The molecule has 0 unspecified atom stereocenters. The van der Waals surface area contributed by atoms with Crippen LogP contribution in [0.2, 0.25) is 0 Å². The maximum atomic E-state index is 14.2. The number of aliphatic hydroxyl groups is 1. The van der Waals surface area contributed by atoms with Crippen LogP contribution < -0.4 is 20.4 Å². The Hall–Kier alpha value is -4.07. The molecule has 1 aliphatic carbocycles. The third kappa shape index (κ3) is 9.74. The van der Waals surface area contributed by atoms with Gasteiger partial charge in [0.05, 0.1) is 12.1 Å². The second-order valence-electron chi connectivity index (χ2n) is 12.7. The Morgan fingerprint density at radius 2 is 1.56 bits per heavy atom. The number of aliphatic hydroxyl groups excluding tert-OH is 1. The normalized spacial score (nSPS) is 14.5. The third-order valence-corrected chi connectivity index (χ3v) is 8.65. The van der Waals surface area contributed by atoms with Crippen LogP contribution >= 0.6 is 0 Å². The predicted molar refractivity (Wildman–Crippen MR) is 188 cm³/mol. The molecule has 0 spiro atoms. The molecule has 4 rings (SSSR count). The van der Waals surface area contributed by atoms with Gasteiger partial charge in [-0.25, -0.2) is 13.8 Å². The molecular weight excluding hydrogens is 610 g/mol. The molecular formula is C38H50F2N6O2. The van der Waals surface area contributed by atoms with Gasteiger partial charge in [-0.2, -0.15) is 4.98 Å². The van der Waals surface area contributed by atoms with Gasteiger partial charge in [0.15, 0.2) is 0 Å². The van der Waals surface area contributed by atoms with Crippen LogP contribution in [0.4, 0.5) is 20.5 Å². The first kappa shape index (κ1) is 36.8. The molecule has 2 aromatic carbocycles. The van der Waals surface area contributed by atoms with Crippen molar-refractivity contribution in [2.75, 3.05) is 42.5 Å². The van der Waals surface area contributed by atoms with Gasteiger partial charge >= 0.3 is 0 Å². The SMILES string of the molecule is C#Cc1cccc(C2(NC[C@@H](O)[C@H](Cc3cc(F)cc(F)c3)NC(=O)c3cc(N(CCC)CCC)nc(N(CCC)CCC)n3)CC2)c1. The zero-order valence-corrected chi connectivity index (χ0v) is 28.7. The second-order valence-corrected chi connectivity index (χ2v) is 12.7. The fraction of sp³-hybridized carbons (Fsp3) is 0.500. The van der Waals surface area contributed by atoms with Gasteiger partial charge in [-0.3, -0.25) is 4.79 Å². The highest BCUT2D eigenvalue weighted by Crippen LogP contribution is 2.45. The van der Waals surface area contributed by atoms with E-state index in [1.54, 1.807) is 6.07 Å². The number of carbonyl (C=O) groups is 1. The lowest BCUT2D eigenvalue weighted by atomic mass is 9.98. The highest BCUT2D eigenvalue weighted by atomic mass is 19.1. The first-order valence-electron chi connectivity index (χ1n) is 17.3. The van der Waals surface area contributed by atoms with E-state index < -0.39 is 29.7 Å². The molecule has 10 heteroatoms. The maximum absolute atomic E-state index is 14.2. The van der Waals surface area contributed by atoms with Crippen molar-refractivity contribution in [2.24, 2.45) is 0 Å². The Bertz CT molecular complexity index is 1490. The van der Waals surface area contributed by atoms with Gasteiger partial charge in [-0.05, 0) is 80.3 Å². The first-order valence-corrected chi connectivity index (χ1v) is 17.3. The highest BCUT2D eigenvalue weighted by Gasteiger charge is 2.44. The molecule has 2 atom stereocenters. The minimum Gasteiger partial charge on any atom is -0.390 e. The predicted octanol–water partition coefficient (Wildman–Crippen LogP) is 5.97. The number of nitrogens with zero attached hydrogens (tertiary/aromatic N) is 4. The lowest BCUT2D eigenvalue weighted by molar-refractivity contribution is 0.0817. The number of anilines is 2. The molecule has 8 nitrogen and oxygen atoms in total. The number of rotatable bonds is 19. The quantitative estimate of drug-likeness (QED) is 0.137. The highest BCUT2D eigenvalue weighted by molar-refractivity contribution is 5.93. The molecule has 0 radical (unpaired) electrons. The minimum atomic E-state index is -1.09. The summed E-state index contributed by atoms with van der Waals surface area (Å²) in [5, 5.41) is 18.0. The maximum Gasteiger partial charge on any atom is 0.270 e. The molecule has 48 heavy (non-hydrogen) atoms. The van der Waals surface area contributed by atoms with E-state index in [0.717, 1.165) is 81.9 Å². The van der Waals surface area contributed by atoms with Crippen LogP contribution in [0, 0.1) is 24.0 Å². The van der Waals surface area contributed by atoms with Crippen molar-refractivity contribution in [1.82, 2.24) is 20.6 Å².